The van der Waals surface area contributed by atoms with Crippen molar-refractivity contribution in [3.63, 3.8) is 0 Å². The molecule has 2 aromatic rings. The molecule has 1 atom stereocenters. The lowest BCUT2D eigenvalue weighted by molar-refractivity contribution is -0.147. The summed E-state index contributed by atoms with van der Waals surface area (Å²) in [5, 5.41) is 6.22. The number of rotatable bonds is 5. The van der Waals surface area contributed by atoms with Crippen LogP contribution in [0.5, 0.6) is 0 Å². The second-order valence-corrected chi connectivity index (χ2v) is 6.07. The summed E-state index contributed by atoms with van der Waals surface area (Å²) in [5.74, 6) is 1.07. The van der Waals surface area contributed by atoms with Crippen LogP contribution in [0.15, 0.2) is 40.9 Å². The van der Waals surface area contributed by atoms with Gasteiger partial charge in [-0.1, -0.05) is 30.3 Å². The molecule has 2 N–H and O–H groups in total. The number of nitrogens with zero attached hydrogens (tertiary/aromatic N) is 1. The largest absolute Gasteiger partial charge is 0.438 e. The molecule has 2 heterocycles. The van der Waals surface area contributed by atoms with Crippen LogP contribution in [0, 0.1) is 0 Å². The Morgan fingerprint density at radius 1 is 1.32 bits per heavy atom. The zero-order valence-electron chi connectivity index (χ0n) is 14.5. The number of hydrogen-bond donors (Lipinski definition) is 2. The molecule has 1 aromatic heterocycles. The Hall–Kier alpha value is -1.89. The normalized spacial score (nSPS) is 17.4. The van der Waals surface area contributed by atoms with E-state index in [-0.39, 0.29) is 24.4 Å². The highest BCUT2D eigenvalue weighted by atomic mass is 35.5. The average Bonchev–Trinajstić information content (AvgIpc) is 3.13. The number of piperidine rings is 1. The van der Waals surface area contributed by atoms with Gasteiger partial charge in [-0.3, -0.25) is 4.79 Å². The van der Waals surface area contributed by atoms with Gasteiger partial charge in [0.15, 0.2) is 5.76 Å². The number of aromatic nitrogens is 1. The van der Waals surface area contributed by atoms with E-state index in [0.717, 1.165) is 18.7 Å². The maximum absolute atomic E-state index is 12.7. The summed E-state index contributed by atoms with van der Waals surface area (Å²) < 4.78 is 11.4. The molecular weight excluding hydrogens is 342 g/mol. The molecule has 1 saturated heterocycles. The third kappa shape index (κ3) is 4.21. The molecule has 0 radical (unpaired) electrons. The summed E-state index contributed by atoms with van der Waals surface area (Å²) >= 11 is 0. The van der Waals surface area contributed by atoms with Gasteiger partial charge in [-0.05, 0) is 32.9 Å². The fourth-order valence-electron chi connectivity index (χ4n) is 2.97. The van der Waals surface area contributed by atoms with Crippen molar-refractivity contribution in [3.8, 4) is 11.3 Å². The lowest BCUT2D eigenvalue weighted by Crippen LogP contribution is -2.54. The first kappa shape index (κ1) is 19.4. The molecule has 25 heavy (non-hydrogen) atoms. The van der Waals surface area contributed by atoms with Crippen LogP contribution in [-0.2, 0) is 9.53 Å². The predicted molar refractivity (Wildman–Crippen MR) is 97.6 cm³/mol. The van der Waals surface area contributed by atoms with Crippen LogP contribution in [0.1, 0.15) is 31.7 Å². The van der Waals surface area contributed by atoms with Gasteiger partial charge in [0.2, 0.25) is 5.89 Å². The zero-order valence-corrected chi connectivity index (χ0v) is 15.3. The summed E-state index contributed by atoms with van der Waals surface area (Å²) in [7, 11) is 1.59. The molecule has 6 nitrogen and oxygen atoms in total. The number of carbonyl (C=O) groups excluding carboxylic acids is 1. The summed E-state index contributed by atoms with van der Waals surface area (Å²) in [4.78, 5) is 17.0. The molecule has 0 spiro atoms. The van der Waals surface area contributed by atoms with Crippen LogP contribution in [0.4, 0.5) is 0 Å². The van der Waals surface area contributed by atoms with Crippen molar-refractivity contribution < 1.29 is 13.9 Å². The summed E-state index contributed by atoms with van der Waals surface area (Å²) in [6.07, 6.45) is 3.00. The molecule has 1 aromatic carbocycles. The van der Waals surface area contributed by atoms with Gasteiger partial charge < -0.3 is 19.8 Å². The first-order valence-corrected chi connectivity index (χ1v) is 8.22. The minimum absolute atomic E-state index is 0. The van der Waals surface area contributed by atoms with E-state index < -0.39 is 5.60 Å². The predicted octanol–water partition coefficient (Wildman–Crippen LogP) is 2.71. The smallest absolute Gasteiger partial charge is 0.252 e. The molecule has 1 amide bonds. The highest BCUT2D eigenvalue weighted by Gasteiger charge is 2.40. The van der Waals surface area contributed by atoms with Crippen molar-refractivity contribution in [2.45, 2.75) is 31.4 Å². The fraction of sp³-hybridized carbons (Fsp3) is 0.444. The van der Waals surface area contributed by atoms with Crippen LogP contribution < -0.4 is 10.6 Å². The van der Waals surface area contributed by atoms with E-state index in [1.165, 1.54) is 0 Å². The van der Waals surface area contributed by atoms with Gasteiger partial charge in [0, 0.05) is 12.7 Å². The van der Waals surface area contributed by atoms with Gasteiger partial charge in [0.05, 0.1) is 6.20 Å². The molecular formula is C18H24ClN3O3. The molecule has 7 heteroatoms. The quantitative estimate of drug-likeness (QED) is 0.852. The van der Waals surface area contributed by atoms with E-state index in [0.29, 0.717) is 24.5 Å². The number of ether oxygens (including phenoxy) is 1. The Bertz CT molecular complexity index is 684. The highest BCUT2D eigenvalue weighted by Crippen LogP contribution is 2.26. The second kappa shape index (κ2) is 8.47. The van der Waals surface area contributed by atoms with E-state index in [9.17, 15) is 4.79 Å². The van der Waals surface area contributed by atoms with Crippen molar-refractivity contribution >= 4 is 18.3 Å². The second-order valence-electron chi connectivity index (χ2n) is 6.07. The van der Waals surface area contributed by atoms with Gasteiger partial charge in [-0.15, -0.1) is 12.4 Å². The number of methoxy groups -OCH3 is 1. The third-order valence-electron chi connectivity index (χ3n) is 4.52. The maximum Gasteiger partial charge on any atom is 0.252 e. The van der Waals surface area contributed by atoms with Gasteiger partial charge in [0.25, 0.3) is 5.91 Å². The van der Waals surface area contributed by atoms with Crippen LogP contribution in [0.3, 0.4) is 0 Å². The lowest BCUT2D eigenvalue weighted by Gasteiger charge is -2.35. The van der Waals surface area contributed by atoms with Gasteiger partial charge in [-0.2, -0.15) is 0 Å². The molecule has 1 aliphatic rings. The Morgan fingerprint density at radius 2 is 2.00 bits per heavy atom. The van der Waals surface area contributed by atoms with Crippen LogP contribution in [-0.4, -0.2) is 36.7 Å². The number of amides is 1. The molecule has 3 rings (SSSR count). The van der Waals surface area contributed by atoms with Crippen molar-refractivity contribution in [3.05, 3.63) is 42.4 Å². The first-order valence-electron chi connectivity index (χ1n) is 8.22. The van der Waals surface area contributed by atoms with Crippen molar-refractivity contribution in [1.82, 2.24) is 15.6 Å². The summed E-state index contributed by atoms with van der Waals surface area (Å²) in [5.41, 5.74) is 0.190. The first-order chi connectivity index (χ1) is 11.6. The number of nitrogens with one attached hydrogen (secondary N) is 2. The Morgan fingerprint density at radius 3 is 2.64 bits per heavy atom. The lowest BCUT2D eigenvalue weighted by atomic mass is 9.91. The number of carbonyl (C=O) groups is 1. The molecule has 1 aliphatic heterocycles. The standard InChI is InChI=1S/C18H23N3O3.ClH/c1-13(21-17(22)18(23-2)8-10-19-11-9-18)16-20-12-15(24-16)14-6-4-3-5-7-14;/h3-7,12-13,19H,8-11H2,1-2H3,(H,21,22);1H. The minimum Gasteiger partial charge on any atom is -0.438 e. The maximum atomic E-state index is 12.7. The van der Waals surface area contributed by atoms with Crippen LogP contribution in [0.25, 0.3) is 11.3 Å². The summed E-state index contributed by atoms with van der Waals surface area (Å²) in [6, 6.07) is 9.44. The van der Waals surface area contributed by atoms with Crippen LogP contribution in [0.2, 0.25) is 0 Å². The Kier molecular flexibility index (Phi) is 6.58. The molecule has 1 unspecified atom stereocenters. The Balaban J connectivity index is 0.00000225. The van der Waals surface area contributed by atoms with Crippen molar-refractivity contribution in [2.75, 3.05) is 20.2 Å². The number of benzene rings is 1. The zero-order chi connectivity index (χ0) is 17.0. The van der Waals surface area contributed by atoms with Gasteiger partial charge in [0.1, 0.15) is 11.6 Å². The number of oxazole rings is 1. The van der Waals surface area contributed by atoms with E-state index in [4.69, 9.17) is 9.15 Å². The van der Waals surface area contributed by atoms with E-state index in [1.54, 1.807) is 13.3 Å². The molecule has 0 aliphatic carbocycles. The summed E-state index contributed by atoms with van der Waals surface area (Å²) in [6.45, 7) is 3.41. The van der Waals surface area contributed by atoms with Crippen LogP contribution >= 0.6 is 12.4 Å². The molecule has 0 saturated carbocycles. The van der Waals surface area contributed by atoms with Gasteiger partial charge in [-0.25, -0.2) is 4.98 Å². The average molecular weight is 366 g/mol. The topological polar surface area (TPSA) is 76.4 Å². The monoisotopic (exact) mass is 365 g/mol. The fourth-order valence-corrected chi connectivity index (χ4v) is 2.97. The third-order valence-corrected chi connectivity index (χ3v) is 4.52. The van der Waals surface area contributed by atoms with Gasteiger partial charge >= 0.3 is 0 Å². The van der Waals surface area contributed by atoms with E-state index >= 15 is 0 Å². The SMILES string of the molecule is COC1(C(=O)NC(C)c2ncc(-c3ccccc3)o2)CCNCC1.Cl. The van der Waals surface area contributed by atoms with E-state index in [1.807, 2.05) is 37.3 Å². The van der Waals surface area contributed by atoms with E-state index in [2.05, 4.69) is 15.6 Å². The molecule has 136 valence electrons. The molecule has 1 fully saturated rings. The van der Waals surface area contributed by atoms with Crippen molar-refractivity contribution in [1.29, 1.82) is 0 Å². The minimum atomic E-state index is -0.769. The molecule has 0 bridgehead atoms. The highest BCUT2D eigenvalue weighted by molar-refractivity contribution is 5.86. The Labute approximate surface area is 153 Å². The number of hydrogen-bond acceptors (Lipinski definition) is 5. The number of halogens is 1. The van der Waals surface area contributed by atoms with Crippen molar-refractivity contribution in [2.24, 2.45) is 0 Å².